The van der Waals surface area contributed by atoms with Gasteiger partial charge in [-0.15, -0.1) is 0 Å². The van der Waals surface area contributed by atoms with Crippen molar-refractivity contribution in [3.63, 3.8) is 0 Å². The van der Waals surface area contributed by atoms with E-state index in [4.69, 9.17) is 0 Å². The maximum Gasteiger partial charge on any atom is 0.0695 e. The van der Waals surface area contributed by atoms with Gasteiger partial charge >= 0.3 is 0 Å². The highest BCUT2D eigenvalue weighted by Crippen LogP contribution is 2.17. The van der Waals surface area contributed by atoms with Crippen molar-refractivity contribution in [2.45, 2.75) is 58.1 Å². The summed E-state index contributed by atoms with van der Waals surface area (Å²) in [4.78, 5) is 0. The van der Waals surface area contributed by atoms with Crippen LogP contribution in [0, 0.1) is 5.92 Å². The van der Waals surface area contributed by atoms with Gasteiger partial charge in [0, 0.05) is 6.04 Å². The molecule has 1 rings (SSSR count). The topological polar surface area (TPSA) is 32.3 Å². The summed E-state index contributed by atoms with van der Waals surface area (Å²) in [5.41, 5.74) is 0. The Balaban J connectivity index is 2.24. The predicted octanol–water partition coefficient (Wildman–Crippen LogP) is 1.93. The van der Waals surface area contributed by atoms with Crippen LogP contribution in [0.5, 0.6) is 0 Å². The molecule has 0 aromatic rings. The van der Waals surface area contributed by atoms with E-state index in [1.807, 2.05) is 0 Å². The fraction of sp³-hybridized carbons (Fsp3) is 1.00. The van der Waals surface area contributed by atoms with Crippen LogP contribution in [-0.4, -0.2) is 23.8 Å². The summed E-state index contributed by atoms with van der Waals surface area (Å²) in [5, 5.41) is 13.3. The lowest BCUT2D eigenvalue weighted by Gasteiger charge is -2.29. The zero-order valence-corrected chi connectivity index (χ0v) is 8.92. The van der Waals surface area contributed by atoms with Gasteiger partial charge in [0.05, 0.1) is 6.10 Å². The van der Waals surface area contributed by atoms with Crippen molar-refractivity contribution in [1.29, 1.82) is 0 Å². The summed E-state index contributed by atoms with van der Waals surface area (Å²) in [7, 11) is 0. The van der Waals surface area contributed by atoms with E-state index in [9.17, 15) is 5.11 Å². The van der Waals surface area contributed by atoms with Gasteiger partial charge in [0.25, 0.3) is 0 Å². The van der Waals surface area contributed by atoms with Gasteiger partial charge in [0.2, 0.25) is 0 Å². The highest BCUT2D eigenvalue weighted by atomic mass is 16.3. The highest BCUT2D eigenvalue weighted by molar-refractivity contribution is 4.80. The molecular formula is C11H23NO. The van der Waals surface area contributed by atoms with Gasteiger partial charge in [-0.25, -0.2) is 0 Å². The summed E-state index contributed by atoms with van der Waals surface area (Å²) < 4.78 is 0. The van der Waals surface area contributed by atoms with Crippen molar-refractivity contribution in [2.75, 3.05) is 6.54 Å². The lowest BCUT2D eigenvalue weighted by molar-refractivity contribution is 0.0898. The molecule has 2 heteroatoms. The third kappa shape index (κ3) is 3.65. The molecule has 1 heterocycles. The number of piperidine rings is 1. The van der Waals surface area contributed by atoms with Crippen molar-refractivity contribution in [1.82, 2.24) is 5.32 Å². The molecule has 0 aliphatic carbocycles. The minimum Gasteiger partial charge on any atom is -0.391 e. The summed E-state index contributed by atoms with van der Waals surface area (Å²) in [6, 6.07) is 0.364. The molecule has 0 amide bonds. The molecule has 1 saturated heterocycles. The third-order valence-electron chi connectivity index (χ3n) is 3.15. The van der Waals surface area contributed by atoms with Gasteiger partial charge in [0.15, 0.2) is 0 Å². The lowest BCUT2D eigenvalue weighted by Crippen LogP contribution is -2.43. The first-order chi connectivity index (χ1) is 6.24. The van der Waals surface area contributed by atoms with Crippen LogP contribution in [-0.2, 0) is 0 Å². The van der Waals surface area contributed by atoms with Gasteiger partial charge < -0.3 is 10.4 Å². The summed E-state index contributed by atoms with van der Waals surface area (Å²) in [5.74, 6) is 0.652. The quantitative estimate of drug-likeness (QED) is 0.701. The molecular weight excluding hydrogens is 162 g/mol. The first-order valence-electron chi connectivity index (χ1n) is 5.65. The number of rotatable bonds is 4. The molecule has 0 spiro atoms. The van der Waals surface area contributed by atoms with Crippen LogP contribution in [0.15, 0.2) is 0 Å². The molecule has 78 valence electrons. The minimum absolute atomic E-state index is 0.129. The van der Waals surface area contributed by atoms with Gasteiger partial charge in [-0.05, 0) is 31.7 Å². The highest BCUT2D eigenvalue weighted by Gasteiger charge is 2.21. The molecule has 3 atom stereocenters. The van der Waals surface area contributed by atoms with E-state index in [0.29, 0.717) is 12.0 Å². The normalized spacial score (nSPS) is 28.4. The molecule has 2 N–H and O–H groups in total. The maximum atomic E-state index is 9.91. The van der Waals surface area contributed by atoms with Crippen molar-refractivity contribution < 1.29 is 5.11 Å². The predicted molar refractivity (Wildman–Crippen MR) is 55.7 cm³/mol. The van der Waals surface area contributed by atoms with E-state index in [0.717, 1.165) is 19.4 Å². The smallest absolute Gasteiger partial charge is 0.0695 e. The van der Waals surface area contributed by atoms with Crippen LogP contribution in [0.25, 0.3) is 0 Å². The van der Waals surface area contributed by atoms with E-state index in [-0.39, 0.29) is 6.10 Å². The fourth-order valence-electron chi connectivity index (χ4n) is 1.95. The Labute approximate surface area is 81.7 Å². The van der Waals surface area contributed by atoms with E-state index < -0.39 is 0 Å². The SMILES string of the molecule is CCC(C)CC(O)C1CCCCN1. The average molecular weight is 185 g/mol. The minimum atomic E-state index is -0.129. The lowest BCUT2D eigenvalue weighted by atomic mass is 9.92. The largest absolute Gasteiger partial charge is 0.391 e. The molecule has 13 heavy (non-hydrogen) atoms. The van der Waals surface area contributed by atoms with Gasteiger partial charge in [-0.2, -0.15) is 0 Å². The molecule has 1 aliphatic heterocycles. The Bertz CT molecular complexity index is 132. The number of hydrogen-bond donors (Lipinski definition) is 2. The van der Waals surface area contributed by atoms with Crippen molar-refractivity contribution in [3.8, 4) is 0 Å². The molecule has 1 fully saturated rings. The van der Waals surface area contributed by atoms with Crippen LogP contribution in [0.1, 0.15) is 46.0 Å². The molecule has 0 bridgehead atoms. The van der Waals surface area contributed by atoms with Crippen molar-refractivity contribution in [3.05, 3.63) is 0 Å². The molecule has 0 radical (unpaired) electrons. The Morgan fingerprint density at radius 3 is 2.77 bits per heavy atom. The molecule has 0 aromatic heterocycles. The second-order valence-corrected chi connectivity index (χ2v) is 4.37. The van der Waals surface area contributed by atoms with Crippen molar-refractivity contribution >= 4 is 0 Å². The van der Waals surface area contributed by atoms with E-state index in [1.54, 1.807) is 0 Å². The average Bonchev–Trinajstić information content (AvgIpc) is 2.19. The zero-order valence-electron chi connectivity index (χ0n) is 8.92. The standard InChI is InChI=1S/C11H23NO/c1-3-9(2)8-11(13)10-6-4-5-7-12-10/h9-13H,3-8H2,1-2H3. The molecule has 0 saturated carbocycles. The summed E-state index contributed by atoms with van der Waals surface area (Å²) >= 11 is 0. The van der Waals surface area contributed by atoms with Crippen LogP contribution < -0.4 is 5.32 Å². The van der Waals surface area contributed by atoms with Gasteiger partial charge in [-0.1, -0.05) is 26.7 Å². The third-order valence-corrected chi connectivity index (χ3v) is 3.15. The van der Waals surface area contributed by atoms with E-state index in [1.165, 1.54) is 19.3 Å². The number of aliphatic hydroxyl groups is 1. The number of aliphatic hydroxyl groups excluding tert-OH is 1. The molecule has 0 aromatic carbocycles. The molecule has 1 aliphatic rings. The van der Waals surface area contributed by atoms with E-state index >= 15 is 0 Å². The number of hydrogen-bond acceptors (Lipinski definition) is 2. The monoisotopic (exact) mass is 185 g/mol. The Morgan fingerprint density at radius 1 is 1.46 bits per heavy atom. The van der Waals surface area contributed by atoms with Crippen LogP contribution >= 0.6 is 0 Å². The first-order valence-corrected chi connectivity index (χ1v) is 5.65. The van der Waals surface area contributed by atoms with Gasteiger partial charge in [0.1, 0.15) is 0 Å². The van der Waals surface area contributed by atoms with Gasteiger partial charge in [-0.3, -0.25) is 0 Å². The van der Waals surface area contributed by atoms with E-state index in [2.05, 4.69) is 19.2 Å². The number of nitrogens with one attached hydrogen (secondary N) is 1. The van der Waals surface area contributed by atoms with Crippen LogP contribution in [0.2, 0.25) is 0 Å². The molecule has 3 unspecified atom stereocenters. The molecule has 2 nitrogen and oxygen atoms in total. The summed E-state index contributed by atoms with van der Waals surface area (Å²) in [6.07, 6.45) is 5.69. The van der Waals surface area contributed by atoms with Crippen molar-refractivity contribution in [2.24, 2.45) is 5.92 Å². The zero-order chi connectivity index (χ0) is 9.68. The Hall–Kier alpha value is -0.0800. The Morgan fingerprint density at radius 2 is 2.23 bits per heavy atom. The first kappa shape index (κ1) is 11.0. The fourth-order valence-corrected chi connectivity index (χ4v) is 1.95. The Kier molecular flexibility index (Phi) is 4.74. The second kappa shape index (κ2) is 5.61. The van der Waals surface area contributed by atoms with Crippen LogP contribution in [0.4, 0.5) is 0 Å². The van der Waals surface area contributed by atoms with Crippen LogP contribution in [0.3, 0.4) is 0 Å². The second-order valence-electron chi connectivity index (χ2n) is 4.37. The summed E-state index contributed by atoms with van der Waals surface area (Å²) in [6.45, 7) is 5.49. The maximum absolute atomic E-state index is 9.91.